The second-order valence-electron chi connectivity index (χ2n) is 7.54. The predicted octanol–water partition coefficient (Wildman–Crippen LogP) is 1.35. The molecule has 0 aliphatic carbocycles. The van der Waals surface area contributed by atoms with Gasteiger partial charge in [-0.25, -0.2) is 4.79 Å². The number of thioether (sulfide) groups is 2. The zero-order chi connectivity index (χ0) is 24.7. The zero-order valence-corrected chi connectivity index (χ0v) is 20.6. The van der Waals surface area contributed by atoms with Crippen molar-refractivity contribution in [2.75, 3.05) is 11.5 Å². The highest BCUT2D eigenvalue weighted by Crippen LogP contribution is 2.42. The first-order valence-corrected chi connectivity index (χ1v) is 12.8. The maximum atomic E-state index is 12.8. The summed E-state index contributed by atoms with van der Waals surface area (Å²) in [6, 6.07) is -1.80. The van der Waals surface area contributed by atoms with Crippen LogP contribution in [0.4, 0.5) is 5.69 Å². The number of β-lactam (4-membered cyclic amide) rings is 1. The van der Waals surface area contributed by atoms with Crippen LogP contribution in [-0.4, -0.2) is 75.6 Å². The van der Waals surface area contributed by atoms with E-state index in [0.717, 1.165) is 5.01 Å². The number of carboxylic acids is 1. The number of hydrogen-bond acceptors (Lipinski definition) is 11. The van der Waals surface area contributed by atoms with Crippen molar-refractivity contribution < 1.29 is 24.4 Å². The van der Waals surface area contributed by atoms with Crippen molar-refractivity contribution in [3.05, 3.63) is 38.3 Å². The number of aromatic nitrogens is 4. The number of rotatable bonds is 8. The first-order chi connectivity index (χ1) is 16.1. The van der Waals surface area contributed by atoms with Crippen molar-refractivity contribution in [2.45, 2.75) is 42.6 Å². The molecular formula is C18H19N7O6S3. The Bertz CT molecular complexity index is 1220. The highest BCUT2D eigenvalue weighted by Gasteiger charge is 2.54. The summed E-state index contributed by atoms with van der Waals surface area (Å²) in [7, 11) is 0. The Hall–Kier alpha value is -2.98. The number of aliphatic carboxylic acids is 1. The van der Waals surface area contributed by atoms with Gasteiger partial charge >= 0.3 is 11.7 Å². The lowest BCUT2D eigenvalue weighted by Crippen LogP contribution is -2.71. The maximum absolute atomic E-state index is 12.8. The number of hydrogen-bond donors (Lipinski definition) is 2. The third-order valence-electron chi connectivity index (χ3n) is 5.29. The molecule has 16 heteroatoms. The van der Waals surface area contributed by atoms with Crippen molar-refractivity contribution in [3.63, 3.8) is 0 Å². The first kappa shape index (κ1) is 24.2. The number of nitro groups is 1. The molecular weight excluding hydrogens is 506 g/mol. The first-order valence-electron chi connectivity index (χ1n) is 9.92. The van der Waals surface area contributed by atoms with E-state index >= 15 is 0 Å². The number of nitrogens with zero attached hydrogens (tertiary/aromatic N) is 6. The molecule has 2 amide bonds. The Balaban J connectivity index is 1.45. The van der Waals surface area contributed by atoms with E-state index in [0.29, 0.717) is 21.4 Å². The minimum atomic E-state index is -1.21. The van der Waals surface area contributed by atoms with E-state index in [1.807, 2.05) is 6.92 Å². The Labute approximate surface area is 205 Å². The largest absolute Gasteiger partial charge is 0.477 e. The van der Waals surface area contributed by atoms with Crippen LogP contribution in [0.25, 0.3) is 0 Å². The lowest BCUT2D eigenvalue weighted by atomic mass is 10.0. The molecule has 1 fully saturated rings. The van der Waals surface area contributed by atoms with E-state index in [1.54, 1.807) is 0 Å². The molecule has 2 aromatic heterocycles. The Morgan fingerprint density at radius 2 is 2.15 bits per heavy atom. The molecule has 0 radical (unpaired) electrons. The number of nitrogens with one attached hydrogen (secondary N) is 1. The van der Waals surface area contributed by atoms with Crippen LogP contribution in [0.5, 0.6) is 0 Å². The van der Waals surface area contributed by atoms with Crippen molar-refractivity contribution in [3.8, 4) is 0 Å². The molecule has 2 aliphatic heterocycles. The highest BCUT2D eigenvalue weighted by molar-refractivity contribution is 8.01. The minimum Gasteiger partial charge on any atom is -0.477 e. The average Bonchev–Trinajstić information content (AvgIpc) is 3.39. The Morgan fingerprint density at radius 3 is 2.74 bits per heavy atom. The fourth-order valence-corrected chi connectivity index (χ4v) is 6.82. The molecule has 0 unspecified atom stereocenters. The summed E-state index contributed by atoms with van der Waals surface area (Å²) in [6.45, 7) is 4.80. The summed E-state index contributed by atoms with van der Waals surface area (Å²) in [4.78, 5) is 49.2. The Morgan fingerprint density at radius 1 is 1.41 bits per heavy atom. The second kappa shape index (κ2) is 9.34. The van der Waals surface area contributed by atoms with E-state index in [9.17, 15) is 29.6 Å². The summed E-state index contributed by atoms with van der Waals surface area (Å²) in [5.41, 5.74) is 0.485. The van der Waals surface area contributed by atoms with E-state index in [-0.39, 0.29) is 17.1 Å². The number of aryl methyl sites for hydroxylation is 2. The van der Waals surface area contributed by atoms with Crippen LogP contribution in [-0.2, 0) is 14.4 Å². The van der Waals surface area contributed by atoms with Crippen molar-refractivity contribution >= 4 is 58.3 Å². The standard InChI is InChI=1S/C18H19N7O6S3/c1-7-11(25(30)31)4-23(22-7)8(2)14(26)19-12-15(27)24-13(17(28)29)10(5-32-16(12)24)6-33-18-21-20-9(3)34-18/h4,8,12,16H,5-6H2,1-3H3,(H,19,26)(H,28,29)/t8-,12-,16+/m0/s1. The molecule has 2 aliphatic rings. The molecule has 0 bridgehead atoms. The average molecular weight is 526 g/mol. The van der Waals surface area contributed by atoms with Gasteiger partial charge in [0.25, 0.3) is 5.91 Å². The number of carbonyl (C=O) groups excluding carboxylic acids is 2. The van der Waals surface area contributed by atoms with Crippen LogP contribution in [0.15, 0.2) is 21.8 Å². The van der Waals surface area contributed by atoms with Crippen LogP contribution < -0.4 is 5.32 Å². The van der Waals surface area contributed by atoms with Crippen molar-refractivity contribution in [1.82, 2.24) is 30.2 Å². The summed E-state index contributed by atoms with van der Waals surface area (Å²) in [5.74, 6) is -1.55. The van der Waals surface area contributed by atoms with E-state index in [4.69, 9.17) is 0 Å². The fraction of sp³-hybridized carbons (Fsp3) is 0.444. The third-order valence-corrected chi connectivity index (χ3v) is 8.69. The molecule has 3 atom stereocenters. The molecule has 13 nitrogen and oxygen atoms in total. The Kier molecular flexibility index (Phi) is 6.64. The van der Waals surface area contributed by atoms with Gasteiger partial charge in [-0.15, -0.1) is 22.0 Å². The zero-order valence-electron chi connectivity index (χ0n) is 18.1. The van der Waals surface area contributed by atoms with Gasteiger partial charge in [0, 0.05) is 11.5 Å². The highest BCUT2D eigenvalue weighted by atomic mass is 32.2. The van der Waals surface area contributed by atoms with E-state index < -0.39 is 40.2 Å². The van der Waals surface area contributed by atoms with Gasteiger partial charge < -0.3 is 10.4 Å². The molecule has 34 heavy (non-hydrogen) atoms. The molecule has 4 heterocycles. The summed E-state index contributed by atoms with van der Waals surface area (Å²) < 4.78 is 1.88. The molecule has 0 aromatic carbocycles. The van der Waals surface area contributed by atoms with Crippen LogP contribution in [0, 0.1) is 24.0 Å². The summed E-state index contributed by atoms with van der Waals surface area (Å²) >= 11 is 4.13. The smallest absolute Gasteiger partial charge is 0.352 e. The van der Waals surface area contributed by atoms with Crippen molar-refractivity contribution in [1.29, 1.82) is 0 Å². The van der Waals surface area contributed by atoms with Crippen LogP contribution >= 0.6 is 34.9 Å². The van der Waals surface area contributed by atoms with E-state index in [1.165, 1.54) is 64.5 Å². The van der Waals surface area contributed by atoms with Crippen molar-refractivity contribution in [2.24, 2.45) is 0 Å². The van der Waals surface area contributed by atoms with Gasteiger partial charge in [0.15, 0.2) is 4.34 Å². The van der Waals surface area contributed by atoms with Crippen LogP contribution in [0.1, 0.15) is 23.7 Å². The van der Waals surface area contributed by atoms with Crippen LogP contribution in [0.2, 0.25) is 0 Å². The lowest BCUT2D eigenvalue weighted by Gasteiger charge is -2.49. The fourth-order valence-electron chi connectivity index (χ4n) is 3.52. The predicted molar refractivity (Wildman–Crippen MR) is 123 cm³/mol. The molecule has 180 valence electrons. The third kappa shape index (κ3) is 4.39. The van der Waals surface area contributed by atoms with E-state index in [2.05, 4.69) is 20.6 Å². The molecule has 1 saturated heterocycles. The quantitative estimate of drug-likeness (QED) is 0.220. The monoisotopic (exact) mass is 525 g/mol. The molecule has 2 aromatic rings. The van der Waals surface area contributed by atoms with Crippen LogP contribution in [0.3, 0.4) is 0 Å². The van der Waals surface area contributed by atoms with Gasteiger partial charge in [0.05, 0.1) is 4.92 Å². The SMILES string of the molecule is Cc1nnc(SCC2=C(C(=O)O)N3C(=O)[C@H](NC(=O)[C@H](C)n4cc([N+](=O)[O-])c(C)n4)[C@H]3SC2)s1. The second-order valence-corrected chi connectivity index (χ2v) is 11.1. The normalized spacial score (nSPS) is 20.6. The van der Waals surface area contributed by atoms with Gasteiger partial charge in [-0.2, -0.15) is 5.10 Å². The molecule has 2 N–H and O–H groups in total. The van der Waals surface area contributed by atoms with Gasteiger partial charge in [-0.3, -0.25) is 29.3 Å². The maximum Gasteiger partial charge on any atom is 0.352 e. The topological polar surface area (TPSA) is 173 Å². The minimum absolute atomic E-state index is 0.0700. The number of fused-ring (bicyclic) bond motifs is 1. The van der Waals surface area contributed by atoms with Gasteiger partial charge in [-0.1, -0.05) is 23.1 Å². The lowest BCUT2D eigenvalue weighted by molar-refractivity contribution is -0.385. The molecule has 4 rings (SSSR count). The summed E-state index contributed by atoms with van der Waals surface area (Å²) in [6.07, 6.45) is 1.17. The molecule has 0 spiro atoms. The number of carboxylic acid groups (broad SMARTS) is 1. The van der Waals surface area contributed by atoms with Gasteiger partial charge in [0.1, 0.15) is 40.1 Å². The number of amides is 2. The summed E-state index contributed by atoms with van der Waals surface area (Å²) in [5, 5.41) is 35.7. The molecule has 0 saturated carbocycles. The van der Waals surface area contributed by atoms with Gasteiger partial charge in [0.2, 0.25) is 5.91 Å². The number of carbonyl (C=O) groups is 3. The van der Waals surface area contributed by atoms with Gasteiger partial charge in [-0.05, 0) is 26.3 Å².